The van der Waals surface area contributed by atoms with Gasteiger partial charge >= 0.3 is 0 Å². The van der Waals surface area contributed by atoms with Crippen molar-refractivity contribution >= 4 is 0 Å². The van der Waals surface area contributed by atoms with Crippen molar-refractivity contribution in [2.45, 2.75) is 32.5 Å². The van der Waals surface area contributed by atoms with Gasteiger partial charge in [0, 0.05) is 5.56 Å². The van der Waals surface area contributed by atoms with Crippen LogP contribution in [0.3, 0.4) is 0 Å². The largest absolute Gasteiger partial charge is 0.508 e. The Balaban J connectivity index is 0.000000159. The zero-order chi connectivity index (χ0) is 15.2. The second-order valence-electron chi connectivity index (χ2n) is 5.82. The fourth-order valence-electron chi connectivity index (χ4n) is 1.84. The molecule has 0 amide bonds. The molecule has 21 heavy (non-hydrogen) atoms. The standard InChI is InChI=1S/C10H14O2.C6H10O3/c1-7(2)6-8-9(11)4-3-5-10(8)12;1(5-3-8-5)7-2-6-4-9-6/h3-5,7,11-12H,6H2,1-2H3;5-6H,1-4H2. The van der Waals surface area contributed by atoms with Crippen molar-refractivity contribution in [1.82, 2.24) is 0 Å². The fourth-order valence-corrected chi connectivity index (χ4v) is 1.84. The van der Waals surface area contributed by atoms with E-state index in [-0.39, 0.29) is 11.5 Å². The lowest BCUT2D eigenvalue weighted by atomic mass is 10.0. The molecule has 0 aromatic heterocycles. The third-order valence-electron chi connectivity index (χ3n) is 3.15. The molecular weight excluding hydrogens is 272 g/mol. The molecule has 2 heterocycles. The van der Waals surface area contributed by atoms with Gasteiger partial charge in [0.2, 0.25) is 0 Å². The van der Waals surface area contributed by atoms with Gasteiger partial charge in [0.05, 0.1) is 26.4 Å². The van der Waals surface area contributed by atoms with E-state index in [1.165, 1.54) is 0 Å². The van der Waals surface area contributed by atoms with Crippen LogP contribution in [-0.2, 0) is 20.6 Å². The summed E-state index contributed by atoms with van der Waals surface area (Å²) in [5, 5.41) is 18.8. The first kappa shape index (κ1) is 16.1. The molecule has 1 aromatic carbocycles. The number of epoxide rings is 2. The third-order valence-corrected chi connectivity index (χ3v) is 3.15. The van der Waals surface area contributed by atoms with Gasteiger partial charge in [-0.2, -0.15) is 0 Å². The maximum atomic E-state index is 9.38. The highest BCUT2D eigenvalue weighted by atomic mass is 16.6. The second-order valence-corrected chi connectivity index (χ2v) is 5.82. The topological polar surface area (TPSA) is 74.8 Å². The summed E-state index contributed by atoms with van der Waals surface area (Å²) in [5.74, 6) is 0.802. The minimum absolute atomic E-state index is 0.184. The molecule has 2 unspecified atom stereocenters. The highest BCUT2D eigenvalue weighted by Crippen LogP contribution is 2.28. The SMILES string of the molecule is C(OCC1CO1)C1CO1.CC(C)Cc1c(O)cccc1O. The highest BCUT2D eigenvalue weighted by Gasteiger charge is 2.26. The van der Waals surface area contributed by atoms with E-state index < -0.39 is 0 Å². The maximum absolute atomic E-state index is 9.38. The summed E-state index contributed by atoms with van der Waals surface area (Å²) < 4.78 is 15.1. The van der Waals surface area contributed by atoms with E-state index in [1.54, 1.807) is 18.2 Å². The van der Waals surface area contributed by atoms with Gasteiger partial charge in [0.15, 0.2) is 0 Å². The Morgan fingerprint density at radius 1 is 1.10 bits per heavy atom. The second kappa shape index (κ2) is 7.64. The highest BCUT2D eigenvalue weighted by molar-refractivity contribution is 5.43. The number of ether oxygens (including phenoxy) is 3. The molecule has 5 heteroatoms. The van der Waals surface area contributed by atoms with Crippen LogP contribution in [0.4, 0.5) is 0 Å². The summed E-state index contributed by atoms with van der Waals surface area (Å²) in [4.78, 5) is 0. The van der Waals surface area contributed by atoms with Crippen LogP contribution in [0.5, 0.6) is 11.5 Å². The quantitative estimate of drug-likeness (QED) is 0.786. The van der Waals surface area contributed by atoms with Crippen LogP contribution in [0.1, 0.15) is 19.4 Å². The van der Waals surface area contributed by atoms with Crippen LogP contribution >= 0.6 is 0 Å². The number of phenols is 2. The summed E-state index contributed by atoms with van der Waals surface area (Å²) in [6.07, 6.45) is 1.49. The predicted molar refractivity (Wildman–Crippen MR) is 78.6 cm³/mol. The maximum Gasteiger partial charge on any atom is 0.122 e. The number of aromatic hydroxyl groups is 2. The molecular formula is C16H24O5. The number of rotatable bonds is 6. The lowest BCUT2D eigenvalue weighted by Gasteiger charge is -2.08. The molecule has 5 nitrogen and oxygen atoms in total. The molecule has 0 saturated carbocycles. The van der Waals surface area contributed by atoms with E-state index in [4.69, 9.17) is 14.2 Å². The zero-order valence-electron chi connectivity index (χ0n) is 12.6. The fraction of sp³-hybridized carbons (Fsp3) is 0.625. The van der Waals surface area contributed by atoms with E-state index in [0.29, 0.717) is 30.1 Å². The van der Waals surface area contributed by atoms with Gasteiger partial charge in [0.25, 0.3) is 0 Å². The summed E-state index contributed by atoms with van der Waals surface area (Å²) in [6.45, 7) is 7.36. The average molecular weight is 296 g/mol. The minimum atomic E-state index is 0.184. The Labute approximate surface area is 125 Å². The lowest BCUT2D eigenvalue weighted by molar-refractivity contribution is 0.102. The molecule has 1 aromatic rings. The van der Waals surface area contributed by atoms with Crippen LogP contribution in [-0.4, -0.2) is 48.8 Å². The van der Waals surface area contributed by atoms with Gasteiger partial charge in [-0.25, -0.2) is 0 Å². The van der Waals surface area contributed by atoms with E-state index in [0.717, 1.165) is 26.4 Å². The number of hydrogen-bond donors (Lipinski definition) is 2. The van der Waals surface area contributed by atoms with Crippen LogP contribution in [0.15, 0.2) is 18.2 Å². The van der Waals surface area contributed by atoms with Crippen molar-refractivity contribution in [2.75, 3.05) is 26.4 Å². The molecule has 2 N–H and O–H groups in total. The van der Waals surface area contributed by atoms with Gasteiger partial charge in [-0.1, -0.05) is 19.9 Å². The number of benzene rings is 1. The zero-order valence-corrected chi connectivity index (χ0v) is 12.6. The molecule has 0 spiro atoms. The van der Waals surface area contributed by atoms with Gasteiger partial charge in [-0.05, 0) is 24.5 Å². The Morgan fingerprint density at radius 3 is 1.95 bits per heavy atom. The molecule has 2 atom stereocenters. The van der Waals surface area contributed by atoms with Crippen molar-refractivity contribution < 1.29 is 24.4 Å². The van der Waals surface area contributed by atoms with Gasteiger partial charge in [-0.15, -0.1) is 0 Å². The summed E-state index contributed by atoms with van der Waals surface area (Å²) in [6, 6.07) is 4.82. The van der Waals surface area contributed by atoms with Crippen LogP contribution < -0.4 is 0 Å². The monoisotopic (exact) mass is 296 g/mol. The molecule has 0 radical (unpaired) electrons. The van der Waals surface area contributed by atoms with E-state index in [1.807, 2.05) is 13.8 Å². The average Bonchev–Trinajstić information content (AvgIpc) is 3.29. The van der Waals surface area contributed by atoms with E-state index in [9.17, 15) is 10.2 Å². The van der Waals surface area contributed by atoms with Gasteiger partial charge < -0.3 is 24.4 Å². The van der Waals surface area contributed by atoms with Gasteiger partial charge in [0.1, 0.15) is 23.7 Å². The Kier molecular flexibility index (Phi) is 5.85. The molecule has 0 bridgehead atoms. The summed E-state index contributed by atoms with van der Waals surface area (Å²) in [7, 11) is 0. The molecule has 2 saturated heterocycles. The third kappa shape index (κ3) is 6.33. The Hall–Kier alpha value is -1.30. The normalized spacial score (nSPS) is 22.6. The van der Waals surface area contributed by atoms with Crippen LogP contribution in [0.25, 0.3) is 0 Å². The van der Waals surface area contributed by atoms with Crippen LogP contribution in [0, 0.1) is 5.92 Å². The van der Waals surface area contributed by atoms with Crippen molar-refractivity contribution in [3.8, 4) is 11.5 Å². The molecule has 2 aliphatic rings. The number of phenolic OH excluding ortho intramolecular Hbond substituents is 2. The molecule has 2 aliphatic heterocycles. The van der Waals surface area contributed by atoms with E-state index in [2.05, 4.69) is 0 Å². The lowest BCUT2D eigenvalue weighted by Crippen LogP contribution is -2.06. The molecule has 3 rings (SSSR count). The molecule has 0 aliphatic carbocycles. The minimum Gasteiger partial charge on any atom is -0.508 e. The predicted octanol–water partition coefficient (Wildman–Crippen LogP) is 2.10. The van der Waals surface area contributed by atoms with Crippen LogP contribution in [0.2, 0.25) is 0 Å². The van der Waals surface area contributed by atoms with Crippen molar-refractivity contribution in [2.24, 2.45) is 5.92 Å². The summed E-state index contributed by atoms with van der Waals surface area (Å²) >= 11 is 0. The smallest absolute Gasteiger partial charge is 0.122 e. The van der Waals surface area contributed by atoms with Crippen molar-refractivity contribution in [3.05, 3.63) is 23.8 Å². The first-order valence-electron chi connectivity index (χ1n) is 7.37. The summed E-state index contributed by atoms with van der Waals surface area (Å²) in [5.41, 5.74) is 0.646. The first-order chi connectivity index (χ1) is 10.1. The Morgan fingerprint density at radius 2 is 1.57 bits per heavy atom. The first-order valence-corrected chi connectivity index (χ1v) is 7.37. The molecule has 2 fully saturated rings. The van der Waals surface area contributed by atoms with Crippen molar-refractivity contribution in [1.29, 1.82) is 0 Å². The van der Waals surface area contributed by atoms with Gasteiger partial charge in [-0.3, -0.25) is 0 Å². The Bertz CT molecular complexity index is 406. The molecule has 118 valence electrons. The van der Waals surface area contributed by atoms with E-state index >= 15 is 0 Å². The number of hydrogen-bond acceptors (Lipinski definition) is 5. The van der Waals surface area contributed by atoms with Crippen molar-refractivity contribution in [3.63, 3.8) is 0 Å².